The SMILES string of the molecule is C=C(N)CCC(=N)c1ccc(-c2ccccc2OCCC)c(F)c1. The van der Waals surface area contributed by atoms with Gasteiger partial charge >= 0.3 is 0 Å². The van der Waals surface area contributed by atoms with E-state index in [-0.39, 0.29) is 5.82 Å². The van der Waals surface area contributed by atoms with Gasteiger partial charge in [-0.2, -0.15) is 0 Å². The van der Waals surface area contributed by atoms with Crippen LogP contribution in [-0.2, 0) is 0 Å². The van der Waals surface area contributed by atoms with Gasteiger partial charge in [-0.05, 0) is 37.0 Å². The van der Waals surface area contributed by atoms with E-state index in [1.54, 1.807) is 12.1 Å². The molecule has 3 N–H and O–H groups in total. The van der Waals surface area contributed by atoms with Gasteiger partial charge in [-0.25, -0.2) is 4.39 Å². The predicted octanol–water partition coefficient (Wildman–Crippen LogP) is 4.90. The number of ether oxygens (including phenoxy) is 1. The molecular weight excluding hydrogens is 303 g/mol. The molecule has 3 nitrogen and oxygen atoms in total. The molecule has 0 heterocycles. The first-order chi connectivity index (χ1) is 11.5. The molecule has 0 spiro atoms. The zero-order chi connectivity index (χ0) is 17.5. The van der Waals surface area contributed by atoms with Crippen LogP contribution in [-0.4, -0.2) is 12.3 Å². The Labute approximate surface area is 142 Å². The van der Waals surface area contributed by atoms with Gasteiger partial charge in [0.15, 0.2) is 0 Å². The summed E-state index contributed by atoms with van der Waals surface area (Å²) in [5.74, 6) is 0.303. The van der Waals surface area contributed by atoms with Crippen LogP contribution in [0.5, 0.6) is 5.75 Å². The van der Waals surface area contributed by atoms with Crippen LogP contribution in [0.1, 0.15) is 31.7 Å². The average Bonchev–Trinajstić information content (AvgIpc) is 2.58. The van der Waals surface area contributed by atoms with Crippen LogP contribution < -0.4 is 10.5 Å². The van der Waals surface area contributed by atoms with Crippen molar-refractivity contribution in [1.82, 2.24) is 0 Å². The van der Waals surface area contributed by atoms with Gasteiger partial charge in [0, 0.05) is 22.5 Å². The van der Waals surface area contributed by atoms with Crippen LogP contribution in [0.2, 0.25) is 0 Å². The summed E-state index contributed by atoms with van der Waals surface area (Å²) in [6, 6.07) is 12.3. The maximum atomic E-state index is 14.6. The van der Waals surface area contributed by atoms with Gasteiger partial charge in [0.25, 0.3) is 0 Å². The fourth-order valence-corrected chi connectivity index (χ4v) is 2.38. The van der Waals surface area contributed by atoms with Crippen LogP contribution in [0.4, 0.5) is 4.39 Å². The van der Waals surface area contributed by atoms with Crippen LogP contribution in [0.25, 0.3) is 11.1 Å². The van der Waals surface area contributed by atoms with E-state index in [0.717, 1.165) is 12.0 Å². The summed E-state index contributed by atoms with van der Waals surface area (Å²) in [4.78, 5) is 0. The van der Waals surface area contributed by atoms with Gasteiger partial charge in [0.2, 0.25) is 0 Å². The van der Waals surface area contributed by atoms with E-state index < -0.39 is 0 Å². The molecule has 0 aromatic heterocycles. The fourth-order valence-electron chi connectivity index (χ4n) is 2.38. The Bertz CT molecular complexity index is 740. The lowest BCUT2D eigenvalue weighted by molar-refractivity contribution is 0.318. The van der Waals surface area contributed by atoms with Crippen LogP contribution >= 0.6 is 0 Å². The third-order valence-electron chi connectivity index (χ3n) is 3.65. The number of benzene rings is 2. The minimum Gasteiger partial charge on any atom is -0.493 e. The molecule has 0 unspecified atom stereocenters. The zero-order valence-electron chi connectivity index (χ0n) is 13.9. The van der Waals surface area contributed by atoms with Crippen molar-refractivity contribution in [1.29, 1.82) is 5.41 Å². The highest BCUT2D eigenvalue weighted by Gasteiger charge is 2.12. The van der Waals surface area contributed by atoms with Crippen molar-refractivity contribution >= 4 is 5.71 Å². The number of para-hydroxylation sites is 1. The monoisotopic (exact) mass is 326 g/mol. The summed E-state index contributed by atoms with van der Waals surface area (Å²) in [6.07, 6.45) is 1.86. The molecule has 0 aliphatic heterocycles. The second-order valence-corrected chi connectivity index (χ2v) is 5.68. The standard InChI is InChI=1S/C20H23FN2O/c1-3-12-24-20-7-5-4-6-17(20)16-10-9-15(13-18(16)21)19(23)11-8-14(2)22/h4-7,9-10,13,23H,2-3,8,11-12,22H2,1H3. The smallest absolute Gasteiger partial charge is 0.131 e. The molecule has 0 fully saturated rings. The van der Waals surface area contributed by atoms with Crippen molar-refractivity contribution in [3.8, 4) is 16.9 Å². The lowest BCUT2D eigenvalue weighted by Gasteiger charge is -2.13. The molecule has 2 rings (SSSR count). The molecule has 0 bridgehead atoms. The Morgan fingerprint density at radius 2 is 1.92 bits per heavy atom. The molecule has 4 heteroatoms. The van der Waals surface area contributed by atoms with Crippen molar-refractivity contribution in [2.45, 2.75) is 26.2 Å². The Hall–Kier alpha value is -2.62. The molecule has 0 aliphatic carbocycles. The summed E-state index contributed by atoms with van der Waals surface area (Å²) in [5, 5.41) is 8.04. The third-order valence-corrected chi connectivity index (χ3v) is 3.65. The third kappa shape index (κ3) is 4.44. The summed E-state index contributed by atoms with van der Waals surface area (Å²) >= 11 is 0. The van der Waals surface area contributed by atoms with Crippen LogP contribution in [0.3, 0.4) is 0 Å². The number of nitrogens with two attached hydrogens (primary N) is 1. The number of allylic oxidation sites excluding steroid dienone is 1. The van der Waals surface area contributed by atoms with Crippen molar-refractivity contribution in [2.75, 3.05) is 6.61 Å². The minimum atomic E-state index is -0.364. The second-order valence-electron chi connectivity index (χ2n) is 5.68. The quantitative estimate of drug-likeness (QED) is 0.678. The Kier molecular flexibility index (Phi) is 6.13. The van der Waals surface area contributed by atoms with Gasteiger partial charge in [-0.15, -0.1) is 0 Å². The Morgan fingerprint density at radius 3 is 2.58 bits per heavy atom. The highest BCUT2D eigenvalue weighted by molar-refractivity contribution is 5.98. The predicted molar refractivity (Wildman–Crippen MR) is 97.0 cm³/mol. The van der Waals surface area contributed by atoms with E-state index in [1.165, 1.54) is 6.07 Å². The molecule has 0 aliphatic rings. The maximum Gasteiger partial charge on any atom is 0.131 e. The number of hydrogen-bond donors (Lipinski definition) is 2. The van der Waals surface area contributed by atoms with Gasteiger partial charge < -0.3 is 15.9 Å². The highest BCUT2D eigenvalue weighted by atomic mass is 19.1. The van der Waals surface area contributed by atoms with E-state index in [9.17, 15) is 4.39 Å². The molecular formula is C20H23FN2O. The first-order valence-corrected chi connectivity index (χ1v) is 8.05. The van der Waals surface area contributed by atoms with E-state index in [2.05, 4.69) is 6.58 Å². The lowest BCUT2D eigenvalue weighted by Crippen LogP contribution is -2.04. The molecule has 0 amide bonds. The van der Waals surface area contributed by atoms with E-state index in [4.69, 9.17) is 15.9 Å². The lowest BCUT2D eigenvalue weighted by atomic mass is 9.99. The first kappa shape index (κ1) is 17.7. The van der Waals surface area contributed by atoms with Crippen molar-refractivity contribution in [3.63, 3.8) is 0 Å². The maximum absolute atomic E-state index is 14.6. The van der Waals surface area contributed by atoms with Gasteiger partial charge in [-0.1, -0.05) is 43.8 Å². The topological polar surface area (TPSA) is 59.1 Å². The fraction of sp³-hybridized carbons (Fsp3) is 0.250. The van der Waals surface area contributed by atoms with Gasteiger partial charge in [-0.3, -0.25) is 0 Å². The van der Waals surface area contributed by atoms with E-state index in [0.29, 0.717) is 47.7 Å². The molecule has 24 heavy (non-hydrogen) atoms. The van der Waals surface area contributed by atoms with Gasteiger partial charge in [0.05, 0.1) is 6.61 Å². The average molecular weight is 326 g/mol. The largest absolute Gasteiger partial charge is 0.493 e. The molecule has 126 valence electrons. The number of halogens is 1. The molecule has 0 saturated carbocycles. The number of nitrogens with one attached hydrogen (secondary N) is 1. The normalized spacial score (nSPS) is 10.4. The summed E-state index contributed by atoms with van der Waals surface area (Å²) in [5.41, 5.74) is 8.16. The van der Waals surface area contributed by atoms with Crippen molar-refractivity contribution in [2.24, 2.45) is 5.73 Å². The minimum absolute atomic E-state index is 0.350. The molecule has 2 aromatic carbocycles. The van der Waals surface area contributed by atoms with Gasteiger partial charge in [0.1, 0.15) is 11.6 Å². The van der Waals surface area contributed by atoms with Crippen LogP contribution in [0.15, 0.2) is 54.7 Å². The Balaban J connectivity index is 2.27. The summed E-state index contributed by atoms with van der Waals surface area (Å²) < 4.78 is 20.3. The molecule has 0 saturated heterocycles. The number of rotatable bonds is 8. The first-order valence-electron chi connectivity index (χ1n) is 8.05. The molecule has 0 atom stereocenters. The van der Waals surface area contributed by atoms with Crippen LogP contribution in [0, 0.1) is 11.2 Å². The van der Waals surface area contributed by atoms with E-state index >= 15 is 0 Å². The van der Waals surface area contributed by atoms with Crippen molar-refractivity contribution < 1.29 is 9.13 Å². The summed E-state index contributed by atoms with van der Waals surface area (Å²) in [6.45, 7) is 6.23. The zero-order valence-corrected chi connectivity index (χ0v) is 13.9. The Morgan fingerprint density at radius 1 is 1.17 bits per heavy atom. The van der Waals surface area contributed by atoms with E-state index in [1.807, 2.05) is 31.2 Å². The highest BCUT2D eigenvalue weighted by Crippen LogP contribution is 2.32. The molecule has 2 aromatic rings. The summed E-state index contributed by atoms with van der Waals surface area (Å²) in [7, 11) is 0. The second kappa shape index (κ2) is 8.29. The molecule has 0 radical (unpaired) electrons. The number of hydrogen-bond acceptors (Lipinski definition) is 3. The van der Waals surface area contributed by atoms with Crippen molar-refractivity contribution in [3.05, 3.63) is 66.1 Å².